The number of unbranched alkanes of at least 4 members (excludes halogenated alkanes) is 2. The van der Waals surface area contributed by atoms with Gasteiger partial charge in [-0.25, -0.2) is 0 Å². The van der Waals surface area contributed by atoms with Gasteiger partial charge >= 0.3 is 0 Å². The first-order chi connectivity index (χ1) is 5.85. The molecule has 0 saturated carbocycles. The molecule has 70 valence electrons. The molecule has 0 spiro atoms. The van der Waals surface area contributed by atoms with Crippen LogP contribution in [0.5, 0.6) is 0 Å². The van der Waals surface area contributed by atoms with E-state index in [4.69, 9.17) is 10.4 Å². The van der Waals surface area contributed by atoms with E-state index in [1.54, 1.807) is 0 Å². The highest BCUT2D eigenvalue weighted by molar-refractivity contribution is 4.69. The van der Waals surface area contributed by atoms with Crippen LogP contribution in [0.15, 0.2) is 0 Å². The van der Waals surface area contributed by atoms with Gasteiger partial charge in [0.1, 0.15) is 0 Å². The number of rotatable bonds is 7. The van der Waals surface area contributed by atoms with Gasteiger partial charge in [0.25, 0.3) is 0 Å². The van der Waals surface area contributed by atoms with Gasteiger partial charge in [-0.1, -0.05) is 6.92 Å². The molecule has 0 aromatic carbocycles. The predicted octanol–water partition coefficient (Wildman–Crippen LogP) is 1.04. The summed E-state index contributed by atoms with van der Waals surface area (Å²) in [6.07, 6.45) is 3.56. The van der Waals surface area contributed by atoms with E-state index >= 15 is 0 Å². The van der Waals surface area contributed by atoms with Crippen molar-refractivity contribution in [2.75, 3.05) is 13.2 Å². The molecule has 0 radical (unpaired) electrons. The standard InChI is InChI=1S/C9H18N2O/c1-2-9(8-12)11-7-5-3-4-6-10/h9,11-12H,2-5,7-8H2,1H3. The van der Waals surface area contributed by atoms with Gasteiger partial charge in [0.2, 0.25) is 0 Å². The normalized spacial score (nSPS) is 12.4. The summed E-state index contributed by atoms with van der Waals surface area (Å²) < 4.78 is 0. The average Bonchev–Trinajstić information content (AvgIpc) is 2.11. The molecule has 3 nitrogen and oxygen atoms in total. The highest BCUT2D eigenvalue weighted by atomic mass is 16.3. The van der Waals surface area contributed by atoms with E-state index in [-0.39, 0.29) is 12.6 Å². The van der Waals surface area contributed by atoms with Crippen LogP contribution in [-0.4, -0.2) is 24.3 Å². The largest absolute Gasteiger partial charge is 0.395 e. The minimum Gasteiger partial charge on any atom is -0.395 e. The van der Waals surface area contributed by atoms with E-state index < -0.39 is 0 Å². The highest BCUT2D eigenvalue weighted by Crippen LogP contribution is 1.94. The Hall–Kier alpha value is -0.590. The van der Waals surface area contributed by atoms with Crippen molar-refractivity contribution in [2.24, 2.45) is 0 Å². The lowest BCUT2D eigenvalue weighted by Crippen LogP contribution is -2.32. The third-order valence-corrected chi connectivity index (χ3v) is 1.86. The first-order valence-electron chi connectivity index (χ1n) is 4.56. The Kier molecular flexibility index (Phi) is 8.09. The van der Waals surface area contributed by atoms with E-state index in [9.17, 15) is 0 Å². The lowest BCUT2D eigenvalue weighted by Gasteiger charge is -2.12. The lowest BCUT2D eigenvalue weighted by atomic mass is 10.2. The highest BCUT2D eigenvalue weighted by Gasteiger charge is 2.00. The van der Waals surface area contributed by atoms with Gasteiger partial charge in [0.15, 0.2) is 0 Å². The summed E-state index contributed by atoms with van der Waals surface area (Å²) in [7, 11) is 0. The smallest absolute Gasteiger partial charge is 0.0621 e. The van der Waals surface area contributed by atoms with Gasteiger partial charge in [0.05, 0.1) is 12.7 Å². The first kappa shape index (κ1) is 11.4. The molecule has 0 rings (SSSR count). The molecule has 2 N–H and O–H groups in total. The number of aliphatic hydroxyl groups excluding tert-OH is 1. The maximum atomic E-state index is 8.81. The SMILES string of the molecule is CCC(CO)NCCCCC#N. The summed E-state index contributed by atoms with van der Waals surface area (Å²) in [5, 5.41) is 20.3. The maximum Gasteiger partial charge on any atom is 0.0621 e. The third-order valence-electron chi connectivity index (χ3n) is 1.86. The Labute approximate surface area is 74.4 Å². The van der Waals surface area contributed by atoms with Crippen molar-refractivity contribution >= 4 is 0 Å². The second kappa shape index (κ2) is 8.51. The Morgan fingerprint density at radius 1 is 1.50 bits per heavy atom. The van der Waals surface area contributed by atoms with Crippen LogP contribution in [0.4, 0.5) is 0 Å². The van der Waals surface area contributed by atoms with Crippen LogP contribution in [0.2, 0.25) is 0 Å². The van der Waals surface area contributed by atoms with E-state index in [0.717, 1.165) is 25.8 Å². The van der Waals surface area contributed by atoms with Gasteiger partial charge in [-0.15, -0.1) is 0 Å². The van der Waals surface area contributed by atoms with Gasteiger partial charge in [-0.05, 0) is 25.8 Å². The fraction of sp³-hybridized carbons (Fsp3) is 0.889. The molecule has 0 aliphatic carbocycles. The van der Waals surface area contributed by atoms with Crippen molar-refractivity contribution in [3.05, 3.63) is 0 Å². The van der Waals surface area contributed by atoms with Gasteiger partial charge in [-0.2, -0.15) is 5.26 Å². The van der Waals surface area contributed by atoms with Gasteiger partial charge in [-0.3, -0.25) is 0 Å². The van der Waals surface area contributed by atoms with E-state index in [1.165, 1.54) is 0 Å². The fourth-order valence-corrected chi connectivity index (χ4v) is 0.973. The molecule has 3 heteroatoms. The van der Waals surface area contributed by atoms with E-state index in [1.807, 2.05) is 6.92 Å². The van der Waals surface area contributed by atoms with E-state index in [2.05, 4.69) is 11.4 Å². The monoisotopic (exact) mass is 170 g/mol. The quantitative estimate of drug-likeness (QED) is 0.561. The van der Waals surface area contributed by atoms with Crippen molar-refractivity contribution in [1.82, 2.24) is 5.32 Å². The van der Waals surface area contributed by atoms with Crippen LogP contribution < -0.4 is 5.32 Å². The summed E-state index contributed by atoms with van der Waals surface area (Å²) in [5.41, 5.74) is 0. The number of aliphatic hydroxyl groups is 1. The summed E-state index contributed by atoms with van der Waals surface area (Å²) in [5.74, 6) is 0. The molecule has 1 unspecified atom stereocenters. The summed E-state index contributed by atoms with van der Waals surface area (Å²) in [6.45, 7) is 3.15. The average molecular weight is 170 g/mol. The molecule has 0 saturated heterocycles. The van der Waals surface area contributed by atoms with Gasteiger partial charge in [0, 0.05) is 12.5 Å². The number of hydrogen-bond acceptors (Lipinski definition) is 3. The van der Waals surface area contributed by atoms with Crippen LogP contribution in [0.3, 0.4) is 0 Å². The van der Waals surface area contributed by atoms with Crippen LogP contribution in [0.25, 0.3) is 0 Å². The summed E-state index contributed by atoms with van der Waals surface area (Å²) >= 11 is 0. The molecule has 0 aliphatic heterocycles. The minimum absolute atomic E-state index is 0.203. The van der Waals surface area contributed by atoms with Crippen LogP contribution in [0.1, 0.15) is 32.6 Å². The molecule has 0 fully saturated rings. The Bertz CT molecular complexity index is 127. The molecule has 0 aromatic heterocycles. The molecule has 0 aliphatic rings. The molecule has 1 atom stereocenters. The van der Waals surface area contributed by atoms with Gasteiger partial charge < -0.3 is 10.4 Å². The molecule has 0 aromatic rings. The number of nitrogens with zero attached hydrogens (tertiary/aromatic N) is 1. The summed E-state index contributed by atoms with van der Waals surface area (Å²) in [4.78, 5) is 0. The molecule has 0 heterocycles. The molecule has 0 amide bonds. The van der Waals surface area contributed by atoms with Crippen molar-refractivity contribution in [3.8, 4) is 6.07 Å². The minimum atomic E-state index is 0.203. The third kappa shape index (κ3) is 6.14. The van der Waals surface area contributed by atoms with Crippen molar-refractivity contribution in [1.29, 1.82) is 5.26 Å². The Morgan fingerprint density at radius 2 is 2.25 bits per heavy atom. The Balaban J connectivity index is 3.13. The van der Waals surface area contributed by atoms with Crippen LogP contribution in [-0.2, 0) is 0 Å². The zero-order chi connectivity index (χ0) is 9.23. The van der Waals surface area contributed by atoms with Crippen molar-refractivity contribution in [2.45, 2.75) is 38.6 Å². The number of nitrogens with one attached hydrogen (secondary N) is 1. The predicted molar refractivity (Wildman–Crippen MR) is 48.6 cm³/mol. The zero-order valence-electron chi connectivity index (χ0n) is 7.71. The zero-order valence-corrected chi connectivity index (χ0v) is 7.71. The summed E-state index contributed by atoms with van der Waals surface area (Å²) in [6, 6.07) is 2.34. The van der Waals surface area contributed by atoms with Crippen molar-refractivity contribution < 1.29 is 5.11 Å². The number of hydrogen-bond donors (Lipinski definition) is 2. The number of nitriles is 1. The van der Waals surface area contributed by atoms with Crippen LogP contribution >= 0.6 is 0 Å². The maximum absolute atomic E-state index is 8.81. The van der Waals surface area contributed by atoms with Crippen molar-refractivity contribution in [3.63, 3.8) is 0 Å². The molecule has 12 heavy (non-hydrogen) atoms. The fourth-order valence-electron chi connectivity index (χ4n) is 0.973. The first-order valence-corrected chi connectivity index (χ1v) is 4.56. The van der Waals surface area contributed by atoms with E-state index in [0.29, 0.717) is 6.42 Å². The molecular weight excluding hydrogens is 152 g/mol. The molecule has 0 bridgehead atoms. The Morgan fingerprint density at radius 3 is 2.75 bits per heavy atom. The second-order valence-corrected chi connectivity index (χ2v) is 2.86. The van der Waals surface area contributed by atoms with Crippen LogP contribution in [0, 0.1) is 11.3 Å². The topological polar surface area (TPSA) is 56.0 Å². The lowest BCUT2D eigenvalue weighted by molar-refractivity contribution is 0.239. The second-order valence-electron chi connectivity index (χ2n) is 2.86. The molecular formula is C9H18N2O.